The van der Waals surface area contributed by atoms with E-state index in [0.717, 1.165) is 6.26 Å². The van der Waals surface area contributed by atoms with Gasteiger partial charge in [-0.15, -0.1) is 0 Å². The van der Waals surface area contributed by atoms with Crippen LogP contribution >= 0.6 is 0 Å². The minimum absolute atomic E-state index is 0.256. The molecule has 0 aromatic heterocycles. The standard InChI is InChI=1S/C13H18FN3O2S/c1-13(2,17-20(3,18)19)9-16-8-11-5-4-10(7-15)6-12(11)14/h4-6,16-17H,8-9H2,1-3H3. The smallest absolute Gasteiger partial charge is 0.209 e. The number of halogens is 1. The molecule has 0 aliphatic carbocycles. The van der Waals surface area contributed by atoms with Crippen LogP contribution in [0.5, 0.6) is 0 Å². The van der Waals surface area contributed by atoms with Crippen LogP contribution in [0.25, 0.3) is 0 Å². The Morgan fingerprint density at radius 1 is 1.40 bits per heavy atom. The summed E-state index contributed by atoms with van der Waals surface area (Å²) in [6.45, 7) is 4.07. The van der Waals surface area contributed by atoms with Gasteiger partial charge in [-0.3, -0.25) is 0 Å². The fourth-order valence-corrected chi connectivity index (χ4v) is 2.88. The first-order chi connectivity index (χ1) is 9.13. The van der Waals surface area contributed by atoms with Gasteiger partial charge < -0.3 is 5.32 Å². The number of hydrogen-bond donors (Lipinski definition) is 2. The lowest BCUT2D eigenvalue weighted by Crippen LogP contribution is -2.49. The molecule has 0 saturated carbocycles. The third-order valence-electron chi connectivity index (χ3n) is 2.53. The fraction of sp³-hybridized carbons (Fsp3) is 0.462. The second-order valence-corrected chi connectivity index (χ2v) is 7.03. The molecule has 0 atom stereocenters. The number of nitrogens with one attached hydrogen (secondary N) is 2. The van der Waals surface area contributed by atoms with Gasteiger partial charge in [0.25, 0.3) is 0 Å². The van der Waals surface area contributed by atoms with Crippen LogP contribution < -0.4 is 10.0 Å². The number of nitriles is 1. The van der Waals surface area contributed by atoms with Crippen molar-refractivity contribution in [2.24, 2.45) is 0 Å². The lowest BCUT2D eigenvalue weighted by molar-refractivity contribution is 0.418. The maximum atomic E-state index is 13.6. The van der Waals surface area contributed by atoms with Gasteiger partial charge in [0.1, 0.15) is 5.82 Å². The maximum absolute atomic E-state index is 13.6. The van der Waals surface area contributed by atoms with Gasteiger partial charge in [-0.05, 0) is 26.0 Å². The van der Waals surface area contributed by atoms with Crippen LogP contribution in [0.3, 0.4) is 0 Å². The van der Waals surface area contributed by atoms with Crippen molar-refractivity contribution in [1.29, 1.82) is 5.26 Å². The van der Waals surface area contributed by atoms with E-state index >= 15 is 0 Å². The highest BCUT2D eigenvalue weighted by Gasteiger charge is 2.21. The Morgan fingerprint density at radius 3 is 2.55 bits per heavy atom. The summed E-state index contributed by atoms with van der Waals surface area (Å²) in [5.74, 6) is -0.453. The van der Waals surface area contributed by atoms with E-state index < -0.39 is 21.4 Å². The molecule has 110 valence electrons. The Kier molecular flexibility index (Phi) is 5.22. The summed E-state index contributed by atoms with van der Waals surface area (Å²) < 4.78 is 38.5. The van der Waals surface area contributed by atoms with Gasteiger partial charge >= 0.3 is 0 Å². The summed E-state index contributed by atoms with van der Waals surface area (Å²) in [6, 6.07) is 6.12. The number of nitrogens with zero attached hydrogens (tertiary/aromatic N) is 1. The van der Waals surface area contributed by atoms with Gasteiger partial charge in [-0.1, -0.05) is 6.07 Å². The van der Waals surface area contributed by atoms with Crippen LogP contribution in [-0.2, 0) is 16.6 Å². The number of hydrogen-bond acceptors (Lipinski definition) is 4. The molecule has 0 amide bonds. The van der Waals surface area contributed by atoms with Gasteiger partial charge in [0.2, 0.25) is 10.0 Å². The molecular weight excluding hydrogens is 281 g/mol. The summed E-state index contributed by atoms with van der Waals surface area (Å²) in [4.78, 5) is 0. The molecule has 0 aliphatic heterocycles. The van der Waals surface area contributed by atoms with Crippen molar-refractivity contribution >= 4 is 10.0 Å². The Hall–Kier alpha value is -1.49. The van der Waals surface area contributed by atoms with E-state index in [1.165, 1.54) is 12.1 Å². The van der Waals surface area contributed by atoms with Crippen molar-refractivity contribution in [3.05, 3.63) is 35.1 Å². The topological polar surface area (TPSA) is 82.0 Å². The molecular formula is C13H18FN3O2S. The van der Waals surface area contributed by atoms with E-state index in [4.69, 9.17) is 5.26 Å². The van der Waals surface area contributed by atoms with E-state index in [1.807, 2.05) is 6.07 Å². The molecule has 0 spiro atoms. The zero-order valence-corrected chi connectivity index (χ0v) is 12.5. The van der Waals surface area contributed by atoms with Crippen molar-refractivity contribution < 1.29 is 12.8 Å². The summed E-state index contributed by atoms with van der Waals surface area (Å²) in [5, 5.41) is 11.6. The monoisotopic (exact) mass is 299 g/mol. The second-order valence-electron chi connectivity index (χ2n) is 5.28. The summed E-state index contributed by atoms with van der Waals surface area (Å²) >= 11 is 0. The first-order valence-corrected chi connectivity index (χ1v) is 7.90. The summed E-state index contributed by atoms with van der Waals surface area (Å²) in [7, 11) is -3.29. The molecule has 0 radical (unpaired) electrons. The Labute approximate surface area is 118 Å². The minimum atomic E-state index is -3.29. The molecule has 1 rings (SSSR count). The molecule has 5 nitrogen and oxygen atoms in total. The van der Waals surface area contributed by atoms with Crippen LogP contribution in [0.4, 0.5) is 4.39 Å². The third-order valence-corrected chi connectivity index (χ3v) is 3.45. The number of rotatable bonds is 6. The Bertz CT molecular complexity index is 621. The fourth-order valence-electron chi connectivity index (χ4n) is 1.81. The highest BCUT2D eigenvalue weighted by atomic mass is 32.2. The van der Waals surface area contributed by atoms with Crippen LogP contribution in [0.2, 0.25) is 0 Å². The van der Waals surface area contributed by atoms with Gasteiger partial charge in [-0.25, -0.2) is 17.5 Å². The molecule has 7 heteroatoms. The first-order valence-electron chi connectivity index (χ1n) is 6.01. The lowest BCUT2D eigenvalue weighted by atomic mass is 10.1. The summed E-state index contributed by atoms with van der Waals surface area (Å²) in [5.41, 5.74) is 0.0286. The van der Waals surface area contributed by atoms with E-state index in [0.29, 0.717) is 12.1 Å². The van der Waals surface area contributed by atoms with Crippen molar-refractivity contribution in [3.63, 3.8) is 0 Å². The first kappa shape index (κ1) is 16.6. The van der Waals surface area contributed by atoms with Gasteiger partial charge in [0.05, 0.1) is 17.9 Å². The van der Waals surface area contributed by atoms with Crippen molar-refractivity contribution in [2.75, 3.05) is 12.8 Å². The summed E-state index contributed by atoms with van der Waals surface area (Å²) in [6.07, 6.45) is 1.09. The van der Waals surface area contributed by atoms with Crippen LogP contribution in [0.15, 0.2) is 18.2 Å². The second kappa shape index (κ2) is 6.31. The van der Waals surface area contributed by atoms with Crippen molar-refractivity contribution in [3.8, 4) is 6.07 Å². The highest BCUT2D eigenvalue weighted by molar-refractivity contribution is 7.88. The Morgan fingerprint density at radius 2 is 2.05 bits per heavy atom. The van der Waals surface area contributed by atoms with Crippen LogP contribution in [0.1, 0.15) is 25.0 Å². The van der Waals surface area contributed by atoms with E-state index in [1.54, 1.807) is 19.9 Å². The predicted molar refractivity (Wildman–Crippen MR) is 74.9 cm³/mol. The molecule has 0 unspecified atom stereocenters. The molecule has 1 aromatic carbocycles. The Balaban J connectivity index is 2.59. The molecule has 0 bridgehead atoms. The molecule has 1 aromatic rings. The van der Waals surface area contributed by atoms with E-state index in [2.05, 4.69) is 10.0 Å². The SMILES string of the molecule is CC(C)(CNCc1ccc(C#N)cc1F)NS(C)(=O)=O. The minimum Gasteiger partial charge on any atom is -0.311 e. The molecule has 0 aliphatic rings. The van der Waals surface area contributed by atoms with Crippen LogP contribution in [-0.4, -0.2) is 26.8 Å². The van der Waals surface area contributed by atoms with Crippen molar-refractivity contribution in [2.45, 2.75) is 25.9 Å². The van der Waals surface area contributed by atoms with Gasteiger partial charge in [-0.2, -0.15) is 5.26 Å². The average molecular weight is 299 g/mol. The van der Waals surface area contributed by atoms with E-state index in [9.17, 15) is 12.8 Å². The number of sulfonamides is 1. The van der Waals surface area contributed by atoms with Gasteiger partial charge in [0, 0.05) is 24.2 Å². The molecule has 0 heterocycles. The quantitative estimate of drug-likeness (QED) is 0.824. The van der Waals surface area contributed by atoms with Crippen LogP contribution in [0, 0.1) is 17.1 Å². The largest absolute Gasteiger partial charge is 0.311 e. The lowest BCUT2D eigenvalue weighted by Gasteiger charge is -2.25. The molecule has 0 saturated heterocycles. The average Bonchev–Trinajstić information content (AvgIpc) is 2.27. The normalized spacial score (nSPS) is 12.2. The maximum Gasteiger partial charge on any atom is 0.209 e. The van der Waals surface area contributed by atoms with Gasteiger partial charge in [0.15, 0.2) is 0 Å². The predicted octanol–water partition coefficient (Wildman–Crippen LogP) is 1.11. The third kappa shape index (κ3) is 5.65. The molecule has 2 N–H and O–H groups in total. The zero-order valence-electron chi connectivity index (χ0n) is 11.7. The molecule has 0 fully saturated rings. The number of benzene rings is 1. The molecule has 20 heavy (non-hydrogen) atoms. The highest BCUT2D eigenvalue weighted by Crippen LogP contribution is 2.10. The van der Waals surface area contributed by atoms with E-state index in [-0.39, 0.29) is 12.1 Å². The zero-order chi connectivity index (χ0) is 15.4. The van der Waals surface area contributed by atoms with Crippen molar-refractivity contribution in [1.82, 2.24) is 10.0 Å².